The van der Waals surface area contributed by atoms with Crippen LogP contribution in [-0.4, -0.2) is 19.8 Å². The van der Waals surface area contributed by atoms with E-state index in [1.54, 1.807) is 24.3 Å². The monoisotopic (exact) mass is 390 g/mol. The summed E-state index contributed by atoms with van der Waals surface area (Å²) >= 11 is 12.1. The van der Waals surface area contributed by atoms with Crippen molar-refractivity contribution in [1.82, 2.24) is 0 Å². The normalized spacial score (nSPS) is 12.5. The van der Waals surface area contributed by atoms with Gasteiger partial charge in [-0.25, -0.2) is 0 Å². The minimum absolute atomic E-state index is 0.0962. The molecule has 1 heterocycles. The van der Waals surface area contributed by atoms with Gasteiger partial charge in [0, 0.05) is 11.1 Å². The van der Waals surface area contributed by atoms with Crippen LogP contribution in [0.25, 0.3) is 6.08 Å². The Kier molecular flexibility index (Phi) is 5.21. The van der Waals surface area contributed by atoms with E-state index in [9.17, 15) is 10.1 Å². The van der Waals surface area contributed by atoms with Gasteiger partial charge in [-0.05, 0) is 35.9 Å². The van der Waals surface area contributed by atoms with Crippen LogP contribution < -0.4 is 19.5 Å². The summed E-state index contributed by atoms with van der Waals surface area (Å²) in [7, 11) is 1.46. The summed E-state index contributed by atoms with van der Waals surface area (Å²) < 4.78 is 15.7. The molecule has 0 aliphatic carbocycles. The Balaban J connectivity index is 1.90. The summed E-state index contributed by atoms with van der Waals surface area (Å²) in [5, 5.41) is 12.7. The Bertz CT molecular complexity index is 951. The van der Waals surface area contributed by atoms with Crippen molar-refractivity contribution >= 4 is 40.9 Å². The van der Waals surface area contributed by atoms with Gasteiger partial charge in [-0.15, -0.1) is 0 Å². The van der Waals surface area contributed by atoms with Crippen molar-refractivity contribution in [2.45, 2.75) is 0 Å². The van der Waals surface area contributed by atoms with Crippen LogP contribution in [0.4, 0.5) is 5.69 Å². The van der Waals surface area contributed by atoms with E-state index in [0.29, 0.717) is 38.5 Å². The average Bonchev–Trinajstić information content (AvgIpc) is 3.06. The van der Waals surface area contributed by atoms with Gasteiger partial charge in [0.1, 0.15) is 17.4 Å². The van der Waals surface area contributed by atoms with Crippen LogP contribution >= 0.6 is 23.2 Å². The van der Waals surface area contributed by atoms with Gasteiger partial charge in [-0.3, -0.25) is 4.79 Å². The molecule has 1 aliphatic rings. The molecular formula is C18H12Cl2N2O4. The molecule has 26 heavy (non-hydrogen) atoms. The smallest absolute Gasteiger partial charge is 0.266 e. The van der Waals surface area contributed by atoms with Crippen molar-refractivity contribution in [3.05, 3.63) is 51.5 Å². The van der Waals surface area contributed by atoms with Crippen LogP contribution in [0.5, 0.6) is 17.2 Å². The van der Waals surface area contributed by atoms with E-state index in [2.05, 4.69) is 5.32 Å². The Morgan fingerprint density at radius 1 is 1.27 bits per heavy atom. The number of benzene rings is 2. The molecule has 0 spiro atoms. The van der Waals surface area contributed by atoms with E-state index in [1.165, 1.54) is 19.3 Å². The number of nitrogens with zero attached hydrogens (tertiary/aromatic N) is 1. The average molecular weight is 391 g/mol. The maximum atomic E-state index is 12.5. The SMILES string of the molecule is COc1ccc(Cl)cc1NC(=O)/C(C#N)=C/c1cc2c(cc1Cl)OCO2. The van der Waals surface area contributed by atoms with Gasteiger partial charge in [-0.1, -0.05) is 23.2 Å². The van der Waals surface area contributed by atoms with Crippen LogP contribution in [0.3, 0.4) is 0 Å². The molecule has 1 aliphatic heterocycles. The number of rotatable bonds is 4. The van der Waals surface area contributed by atoms with Crippen molar-refractivity contribution in [2.24, 2.45) is 0 Å². The fraction of sp³-hybridized carbons (Fsp3) is 0.111. The van der Waals surface area contributed by atoms with Gasteiger partial charge in [0.2, 0.25) is 6.79 Å². The van der Waals surface area contributed by atoms with Crippen LogP contribution in [-0.2, 0) is 4.79 Å². The molecule has 0 saturated carbocycles. The number of hydrogen-bond donors (Lipinski definition) is 1. The second-order valence-corrected chi connectivity index (χ2v) is 6.04. The lowest BCUT2D eigenvalue weighted by atomic mass is 10.1. The Morgan fingerprint density at radius 3 is 2.69 bits per heavy atom. The Morgan fingerprint density at radius 2 is 2.00 bits per heavy atom. The topological polar surface area (TPSA) is 80.6 Å². The maximum absolute atomic E-state index is 12.5. The standard InChI is InChI=1S/C18H12Cl2N2O4/c1-24-15-3-2-12(19)6-14(15)22-18(23)11(8-21)4-10-5-16-17(7-13(10)20)26-9-25-16/h2-7H,9H2,1H3,(H,22,23)/b11-4+. The second kappa shape index (κ2) is 7.56. The number of hydrogen-bond acceptors (Lipinski definition) is 5. The van der Waals surface area contributed by atoms with Crippen LogP contribution in [0.2, 0.25) is 10.0 Å². The number of anilines is 1. The fourth-order valence-electron chi connectivity index (χ4n) is 2.32. The highest BCUT2D eigenvalue weighted by molar-refractivity contribution is 6.32. The molecule has 0 bridgehead atoms. The summed E-state index contributed by atoms with van der Waals surface area (Å²) in [5.41, 5.74) is 0.663. The first-order valence-corrected chi connectivity index (χ1v) is 8.13. The zero-order chi connectivity index (χ0) is 18.7. The number of ether oxygens (including phenoxy) is 3. The van der Waals surface area contributed by atoms with E-state index < -0.39 is 5.91 Å². The predicted molar refractivity (Wildman–Crippen MR) is 97.8 cm³/mol. The highest BCUT2D eigenvalue weighted by Gasteiger charge is 2.18. The highest BCUT2D eigenvalue weighted by atomic mass is 35.5. The number of carbonyl (C=O) groups is 1. The molecule has 2 aromatic rings. The van der Waals surface area contributed by atoms with Crippen molar-refractivity contribution in [2.75, 3.05) is 19.2 Å². The number of fused-ring (bicyclic) bond motifs is 1. The molecule has 0 fully saturated rings. The van der Waals surface area contributed by atoms with Crippen molar-refractivity contribution < 1.29 is 19.0 Å². The lowest BCUT2D eigenvalue weighted by Crippen LogP contribution is -2.14. The quantitative estimate of drug-likeness (QED) is 0.622. The zero-order valence-electron chi connectivity index (χ0n) is 13.5. The number of nitrogens with one attached hydrogen (secondary N) is 1. The van der Waals surface area contributed by atoms with Gasteiger partial charge in [-0.2, -0.15) is 5.26 Å². The molecule has 8 heteroatoms. The van der Waals surface area contributed by atoms with Crippen molar-refractivity contribution in [3.63, 3.8) is 0 Å². The van der Waals surface area contributed by atoms with Gasteiger partial charge in [0.15, 0.2) is 11.5 Å². The number of carbonyl (C=O) groups excluding carboxylic acids is 1. The first kappa shape index (κ1) is 17.9. The fourth-order valence-corrected chi connectivity index (χ4v) is 2.70. The molecule has 3 rings (SSSR count). The maximum Gasteiger partial charge on any atom is 0.266 e. The minimum atomic E-state index is -0.623. The molecule has 0 atom stereocenters. The first-order valence-electron chi connectivity index (χ1n) is 7.37. The van der Waals surface area contributed by atoms with Crippen LogP contribution in [0.15, 0.2) is 35.9 Å². The van der Waals surface area contributed by atoms with Crippen LogP contribution in [0, 0.1) is 11.3 Å². The number of halogens is 2. The van der Waals surface area contributed by atoms with E-state index in [0.717, 1.165) is 0 Å². The van der Waals surface area contributed by atoms with Crippen molar-refractivity contribution in [1.29, 1.82) is 5.26 Å². The lowest BCUT2D eigenvalue weighted by molar-refractivity contribution is -0.112. The Hall–Kier alpha value is -2.88. The van der Waals surface area contributed by atoms with E-state index in [1.807, 2.05) is 6.07 Å². The second-order valence-electron chi connectivity index (χ2n) is 5.20. The third-order valence-electron chi connectivity index (χ3n) is 3.57. The first-order chi connectivity index (χ1) is 12.5. The number of amides is 1. The highest BCUT2D eigenvalue weighted by Crippen LogP contribution is 2.37. The van der Waals surface area contributed by atoms with E-state index in [-0.39, 0.29) is 12.4 Å². The molecule has 0 unspecified atom stereocenters. The van der Waals surface area contributed by atoms with Gasteiger partial charge in [0.05, 0.1) is 17.8 Å². The summed E-state index contributed by atoms with van der Waals surface area (Å²) in [6, 6.07) is 9.81. The Labute approximate surface area is 159 Å². The molecule has 0 saturated heterocycles. The van der Waals surface area contributed by atoms with Gasteiger partial charge in [0.25, 0.3) is 5.91 Å². The molecule has 0 radical (unpaired) electrons. The molecule has 0 aromatic heterocycles. The van der Waals surface area contributed by atoms with Gasteiger partial charge >= 0.3 is 0 Å². The predicted octanol–water partition coefficient (Wildman–Crippen LogP) is 4.28. The summed E-state index contributed by atoms with van der Waals surface area (Å²) in [5.74, 6) is 0.802. The van der Waals surface area contributed by atoms with Crippen LogP contribution in [0.1, 0.15) is 5.56 Å². The minimum Gasteiger partial charge on any atom is -0.495 e. The molecule has 132 valence electrons. The third kappa shape index (κ3) is 3.69. The summed E-state index contributed by atoms with van der Waals surface area (Å²) in [6.07, 6.45) is 1.37. The summed E-state index contributed by atoms with van der Waals surface area (Å²) in [4.78, 5) is 12.5. The number of methoxy groups -OCH3 is 1. The largest absolute Gasteiger partial charge is 0.495 e. The zero-order valence-corrected chi connectivity index (χ0v) is 15.0. The molecular weight excluding hydrogens is 379 g/mol. The molecule has 6 nitrogen and oxygen atoms in total. The van der Waals surface area contributed by atoms with E-state index in [4.69, 9.17) is 37.4 Å². The lowest BCUT2D eigenvalue weighted by Gasteiger charge is -2.10. The molecule has 2 aromatic carbocycles. The van der Waals surface area contributed by atoms with Crippen molar-refractivity contribution in [3.8, 4) is 23.3 Å². The van der Waals surface area contributed by atoms with E-state index >= 15 is 0 Å². The molecule has 1 N–H and O–H groups in total. The molecule has 1 amide bonds. The number of nitriles is 1. The van der Waals surface area contributed by atoms with Gasteiger partial charge < -0.3 is 19.5 Å². The third-order valence-corrected chi connectivity index (χ3v) is 4.13. The summed E-state index contributed by atoms with van der Waals surface area (Å²) in [6.45, 7) is 0.0962.